The van der Waals surface area contributed by atoms with Gasteiger partial charge in [-0.05, 0) is 40.8 Å². The molecule has 0 unspecified atom stereocenters. The molecule has 0 spiro atoms. The molecule has 2 fully saturated rings. The van der Waals surface area contributed by atoms with Crippen molar-refractivity contribution in [1.29, 1.82) is 0 Å². The highest BCUT2D eigenvalue weighted by atomic mass is 16.1. The highest BCUT2D eigenvalue weighted by Gasteiger charge is 2.48. The summed E-state index contributed by atoms with van der Waals surface area (Å²) in [5.41, 5.74) is 6.24. The van der Waals surface area contributed by atoms with Crippen LogP contribution in [0.15, 0.2) is 36.4 Å². The molecule has 2 saturated heterocycles. The van der Waals surface area contributed by atoms with Crippen molar-refractivity contribution in [3.63, 3.8) is 0 Å². The molecular weight excluding hydrogens is 298 g/mol. The van der Waals surface area contributed by atoms with Gasteiger partial charge in [-0.25, -0.2) is 0 Å². The first-order valence-electron chi connectivity index (χ1n) is 8.66. The smallest absolute Gasteiger partial charge is 0.194 e. The van der Waals surface area contributed by atoms with Crippen molar-refractivity contribution in [2.24, 2.45) is 5.92 Å². The summed E-state index contributed by atoms with van der Waals surface area (Å²) < 4.78 is 0. The van der Waals surface area contributed by atoms with E-state index >= 15 is 0 Å². The van der Waals surface area contributed by atoms with Gasteiger partial charge in [0.1, 0.15) is 0 Å². The molecule has 0 atom stereocenters. The predicted molar refractivity (Wildman–Crippen MR) is 95.8 cm³/mol. The first kappa shape index (κ1) is 14.2. The predicted octanol–water partition coefficient (Wildman–Crippen LogP) is 2.00. The van der Waals surface area contributed by atoms with Gasteiger partial charge >= 0.3 is 0 Å². The van der Waals surface area contributed by atoms with E-state index < -0.39 is 0 Å². The molecule has 3 N–H and O–H groups in total. The van der Waals surface area contributed by atoms with Crippen LogP contribution in [-0.4, -0.2) is 39.0 Å². The van der Waals surface area contributed by atoms with Crippen molar-refractivity contribution >= 4 is 11.5 Å². The minimum absolute atomic E-state index is 0.139. The topological polar surface area (TPSA) is 53.2 Å². The zero-order valence-electron chi connectivity index (χ0n) is 13.8. The second-order valence-electron chi connectivity index (χ2n) is 7.21. The second kappa shape index (κ2) is 4.91. The normalized spacial score (nSPS) is 27.0. The van der Waals surface area contributed by atoms with E-state index in [0.29, 0.717) is 5.92 Å². The zero-order chi connectivity index (χ0) is 16.3. The zero-order valence-corrected chi connectivity index (χ0v) is 13.8. The largest absolute Gasteiger partial charge is 0.388 e. The Balaban J connectivity index is 1.63. The van der Waals surface area contributed by atoms with E-state index in [4.69, 9.17) is 0 Å². The summed E-state index contributed by atoms with van der Waals surface area (Å²) in [6.45, 7) is 4.11. The third-order valence-electron chi connectivity index (χ3n) is 6.13. The van der Waals surface area contributed by atoms with Crippen molar-refractivity contribution in [3.05, 3.63) is 53.1 Å². The van der Waals surface area contributed by atoms with Gasteiger partial charge in [0.2, 0.25) is 0 Å². The quantitative estimate of drug-likeness (QED) is 0.676. The standard InChI is InChI=1S/C20H21N3O/c1-21-14-3-5-16-15-4-2-12(6-17(15)19(24)18(16)7-14)20-10-22-8-13(20)9-23-11-20/h2-7,13,21-23H,8-11H2,1H3. The number of carbonyl (C=O) groups is 1. The minimum atomic E-state index is 0.139. The Morgan fingerprint density at radius 1 is 0.958 bits per heavy atom. The Labute approximate surface area is 141 Å². The van der Waals surface area contributed by atoms with E-state index in [1.165, 1.54) is 5.56 Å². The number of rotatable bonds is 2. The summed E-state index contributed by atoms with van der Waals surface area (Å²) >= 11 is 0. The molecule has 2 aliphatic heterocycles. The van der Waals surface area contributed by atoms with Crippen molar-refractivity contribution < 1.29 is 4.79 Å². The van der Waals surface area contributed by atoms with Crippen LogP contribution in [0.4, 0.5) is 5.69 Å². The summed E-state index contributed by atoms with van der Waals surface area (Å²) in [5, 5.41) is 10.2. The van der Waals surface area contributed by atoms with Gasteiger partial charge < -0.3 is 16.0 Å². The molecule has 4 nitrogen and oxygen atoms in total. The first-order valence-corrected chi connectivity index (χ1v) is 8.66. The van der Waals surface area contributed by atoms with Crippen LogP contribution in [0.1, 0.15) is 21.5 Å². The molecule has 0 bridgehead atoms. The fourth-order valence-electron chi connectivity index (χ4n) is 4.74. The molecular formula is C20H21N3O. The maximum atomic E-state index is 13.0. The third kappa shape index (κ3) is 1.73. The molecule has 0 aromatic heterocycles. The summed E-state index contributed by atoms with van der Waals surface area (Å²) in [6, 6.07) is 12.6. The summed E-state index contributed by atoms with van der Waals surface area (Å²) in [5.74, 6) is 0.772. The number of anilines is 1. The fourth-order valence-corrected chi connectivity index (χ4v) is 4.74. The molecule has 0 saturated carbocycles. The van der Waals surface area contributed by atoms with Crippen molar-refractivity contribution in [3.8, 4) is 11.1 Å². The molecule has 0 amide bonds. The van der Waals surface area contributed by atoms with Crippen LogP contribution in [0.2, 0.25) is 0 Å². The van der Waals surface area contributed by atoms with Crippen LogP contribution in [0, 0.1) is 5.92 Å². The average molecular weight is 319 g/mol. The van der Waals surface area contributed by atoms with Crippen molar-refractivity contribution in [1.82, 2.24) is 10.6 Å². The van der Waals surface area contributed by atoms with Crippen LogP contribution in [0.5, 0.6) is 0 Å². The Kier molecular flexibility index (Phi) is 2.91. The number of carbonyl (C=O) groups excluding carboxylic acids is 1. The van der Waals surface area contributed by atoms with Gasteiger partial charge in [-0.15, -0.1) is 0 Å². The molecule has 2 aromatic rings. The lowest BCUT2D eigenvalue weighted by Crippen LogP contribution is -2.36. The van der Waals surface area contributed by atoms with E-state index in [1.807, 2.05) is 19.2 Å². The molecule has 5 rings (SSSR count). The molecule has 24 heavy (non-hydrogen) atoms. The van der Waals surface area contributed by atoms with Gasteiger partial charge in [0.15, 0.2) is 5.78 Å². The highest BCUT2D eigenvalue weighted by Crippen LogP contribution is 2.43. The molecule has 2 aromatic carbocycles. The second-order valence-corrected chi connectivity index (χ2v) is 7.21. The molecule has 1 aliphatic carbocycles. The molecule has 0 radical (unpaired) electrons. The Morgan fingerprint density at radius 2 is 1.62 bits per heavy atom. The summed E-state index contributed by atoms with van der Waals surface area (Å²) in [7, 11) is 1.88. The number of hydrogen-bond acceptors (Lipinski definition) is 4. The van der Waals surface area contributed by atoms with E-state index in [1.54, 1.807) is 0 Å². The van der Waals surface area contributed by atoms with Crippen LogP contribution < -0.4 is 16.0 Å². The summed E-state index contributed by atoms with van der Waals surface area (Å²) in [6.07, 6.45) is 0. The van der Waals surface area contributed by atoms with E-state index in [9.17, 15) is 4.79 Å². The number of fused-ring (bicyclic) bond motifs is 4. The van der Waals surface area contributed by atoms with Gasteiger partial charge in [0.25, 0.3) is 0 Å². The van der Waals surface area contributed by atoms with Crippen molar-refractivity contribution in [2.75, 3.05) is 38.5 Å². The first-order chi connectivity index (χ1) is 11.7. The Bertz CT molecular complexity index is 848. The number of ketones is 1. The number of benzene rings is 2. The number of nitrogens with one attached hydrogen (secondary N) is 3. The minimum Gasteiger partial charge on any atom is -0.388 e. The molecule has 4 heteroatoms. The Hall–Kier alpha value is -2.17. The lowest BCUT2D eigenvalue weighted by atomic mass is 9.74. The number of hydrogen-bond donors (Lipinski definition) is 3. The third-order valence-corrected chi connectivity index (χ3v) is 6.13. The average Bonchev–Trinajstić information content (AvgIpc) is 3.27. The van der Waals surface area contributed by atoms with E-state index in [-0.39, 0.29) is 11.2 Å². The molecule has 2 heterocycles. The van der Waals surface area contributed by atoms with Crippen LogP contribution in [0.3, 0.4) is 0 Å². The van der Waals surface area contributed by atoms with Gasteiger partial charge in [-0.1, -0.05) is 18.2 Å². The fraction of sp³-hybridized carbons (Fsp3) is 0.350. The Morgan fingerprint density at radius 3 is 2.33 bits per heavy atom. The van der Waals surface area contributed by atoms with Crippen LogP contribution in [-0.2, 0) is 5.41 Å². The lowest BCUT2D eigenvalue weighted by Gasteiger charge is -2.28. The SMILES string of the molecule is CNc1ccc2c(c1)C(=O)c1cc(C34CNCC3CNC4)ccc1-2. The monoisotopic (exact) mass is 319 g/mol. The van der Waals surface area contributed by atoms with E-state index in [0.717, 1.165) is 54.1 Å². The van der Waals surface area contributed by atoms with Gasteiger partial charge in [-0.3, -0.25) is 4.79 Å². The highest BCUT2D eigenvalue weighted by molar-refractivity contribution is 6.22. The maximum absolute atomic E-state index is 13.0. The van der Waals surface area contributed by atoms with Crippen LogP contribution in [0.25, 0.3) is 11.1 Å². The van der Waals surface area contributed by atoms with Gasteiger partial charge in [0, 0.05) is 55.5 Å². The van der Waals surface area contributed by atoms with Crippen molar-refractivity contribution in [2.45, 2.75) is 5.41 Å². The van der Waals surface area contributed by atoms with Gasteiger partial charge in [-0.2, -0.15) is 0 Å². The van der Waals surface area contributed by atoms with Crippen LogP contribution >= 0.6 is 0 Å². The molecule has 122 valence electrons. The lowest BCUT2D eigenvalue weighted by molar-refractivity contribution is 0.104. The molecule has 3 aliphatic rings. The van der Waals surface area contributed by atoms with E-state index in [2.05, 4.69) is 40.2 Å². The maximum Gasteiger partial charge on any atom is 0.194 e. The van der Waals surface area contributed by atoms with Gasteiger partial charge in [0.05, 0.1) is 0 Å². The summed E-state index contributed by atoms with van der Waals surface area (Å²) in [4.78, 5) is 13.0.